The summed E-state index contributed by atoms with van der Waals surface area (Å²) in [5.41, 5.74) is 5.34. The average molecular weight is 431 g/mol. The van der Waals surface area contributed by atoms with E-state index in [1.54, 1.807) is 0 Å². The predicted molar refractivity (Wildman–Crippen MR) is 84.9 cm³/mol. The molecule has 0 saturated heterocycles. The molecule has 0 aliphatic heterocycles. The van der Waals surface area contributed by atoms with E-state index >= 15 is 0 Å². The fraction of sp³-hybridized carbons (Fsp3) is 0. The maximum atomic E-state index is 11.0. The van der Waals surface area contributed by atoms with Crippen molar-refractivity contribution in [3.63, 3.8) is 0 Å². The maximum absolute atomic E-state index is 11.0. The second-order valence-electron chi connectivity index (χ2n) is 4.57. The van der Waals surface area contributed by atoms with Gasteiger partial charge < -0.3 is 18.3 Å². The first kappa shape index (κ1) is 19.9. The van der Waals surface area contributed by atoms with Crippen LogP contribution in [0.1, 0.15) is 0 Å². The topological polar surface area (TPSA) is 217 Å². The lowest BCUT2D eigenvalue weighted by Crippen LogP contribution is -2.10. The molecule has 13 nitrogen and oxygen atoms in total. The van der Waals surface area contributed by atoms with Crippen molar-refractivity contribution in [1.29, 1.82) is 0 Å². The lowest BCUT2D eigenvalue weighted by molar-refractivity contribution is 0.379. The SMILES string of the molecule is Nc1cc(OS(=O)(=O)O)c2cc(OS(=O)(=O)O)cc(OS(=O)(=O)O)c2c1. The minimum atomic E-state index is -5.11. The van der Waals surface area contributed by atoms with Gasteiger partial charge in [-0.1, -0.05) is 0 Å². The van der Waals surface area contributed by atoms with Crippen LogP contribution in [0.3, 0.4) is 0 Å². The van der Waals surface area contributed by atoms with Gasteiger partial charge in [-0.2, -0.15) is 25.3 Å². The first-order valence-electron chi connectivity index (χ1n) is 6.01. The van der Waals surface area contributed by atoms with Crippen LogP contribution in [-0.4, -0.2) is 38.9 Å². The highest BCUT2D eigenvalue weighted by Gasteiger charge is 2.20. The fourth-order valence-electron chi connectivity index (χ4n) is 1.93. The third kappa shape index (κ3) is 5.58. The second kappa shape index (κ2) is 6.41. The van der Waals surface area contributed by atoms with Crippen LogP contribution in [0.5, 0.6) is 17.2 Å². The Morgan fingerprint density at radius 2 is 1.08 bits per heavy atom. The summed E-state index contributed by atoms with van der Waals surface area (Å²) in [5.74, 6) is -2.16. The van der Waals surface area contributed by atoms with Gasteiger partial charge in [0.1, 0.15) is 5.75 Å². The van der Waals surface area contributed by atoms with Crippen molar-refractivity contribution in [2.45, 2.75) is 0 Å². The van der Waals surface area contributed by atoms with Gasteiger partial charge in [-0.25, -0.2) is 0 Å². The Labute approximate surface area is 146 Å². The molecular formula is C10H9NO12S3. The molecule has 2 aromatic carbocycles. The summed E-state index contributed by atoms with van der Waals surface area (Å²) in [6.07, 6.45) is 0. The summed E-state index contributed by atoms with van der Waals surface area (Å²) in [4.78, 5) is 0. The van der Waals surface area contributed by atoms with Crippen molar-refractivity contribution in [1.82, 2.24) is 0 Å². The zero-order valence-electron chi connectivity index (χ0n) is 12.1. The van der Waals surface area contributed by atoms with Gasteiger partial charge in [0.25, 0.3) is 0 Å². The van der Waals surface area contributed by atoms with Crippen LogP contribution in [0.25, 0.3) is 10.8 Å². The van der Waals surface area contributed by atoms with Crippen molar-refractivity contribution in [3.05, 3.63) is 24.3 Å². The van der Waals surface area contributed by atoms with E-state index in [0.717, 1.165) is 18.2 Å². The van der Waals surface area contributed by atoms with Crippen molar-refractivity contribution >= 4 is 47.7 Å². The monoisotopic (exact) mass is 431 g/mol. The predicted octanol–water partition coefficient (Wildman–Crippen LogP) is -0.0332. The Kier molecular flexibility index (Phi) is 4.92. The van der Waals surface area contributed by atoms with E-state index in [4.69, 9.17) is 19.4 Å². The van der Waals surface area contributed by atoms with Gasteiger partial charge in [0.05, 0.1) is 0 Å². The molecule has 0 bridgehead atoms. The van der Waals surface area contributed by atoms with Gasteiger partial charge in [-0.15, -0.1) is 0 Å². The summed E-state index contributed by atoms with van der Waals surface area (Å²) in [7, 11) is -15.2. The van der Waals surface area contributed by atoms with Crippen LogP contribution in [0, 0.1) is 0 Å². The number of hydrogen-bond acceptors (Lipinski definition) is 10. The van der Waals surface area contributed by atoms with Crippen molar-refractivity contribution in [3.8, 4) is 17.2 Å². The Hall–Kier alpha value is -2.37. The summed E-state index contributed by atoms with van der Waals surface area (Å²) in [6.45, 7) is 0. The fourth-order valence-corrected chi connectivity index (χ4v) is 3.00. The molecule has 16 heteroatoms. The number of anilines is 1. The largest absolute Gasteiger partial charge is 0.446 e. The molecular weight excluding hydrogens is 422 g/mol. The Balaban J connectivity index is 2.86. The van der Waals surface area contributed by atoms with Crippen LogP contribution in [0.15, 0.2) is 24.3 Å². The van der Waals surface area contributed by atoms with Gasteiger partial charge in [-0.3, -0.25) is 13.7 Å². The number of hydrogen-bond donors (Lipinski definition) is 4. The van der Waals surface area contributed by atoms with Gasteiger partial charge in [0.2, 0.25) is 0 Å². The molecule has 0 heterocycles. The molecule has 0 aliphatic carbocycles. The van der Waals surface area contributed by atoms with Crippen molar-refractivity contribution < 1.29 is 51.5 Å². The number of nitrogen functional groups attached to an aromatic ring is 1. The molecule has 0 aromatic heterocycles. The van der Waals surface area contributed by atoms with Crippen LogP contribution in [-0.2, 0) is 31.2 Å². The van der Waals surface area contributed by atoms with E-state index in [1.807, 2.05) is 0 Å². The Morgan fingerprint density at radius 1 is 0.654 bits per heavy atom. The molecule has 0 aliphatic rings. The first-order chi connectivity index (χ1) is 11.6. The summed E-state index contributed by atoms with van der Waals surface area (Å²) in [6, 6.07) is 3.40. The lowest BCUT2D eigenvalue weighted by Gasteiger charge is -2.13. The molecule has 0 unspecified atom stereocenters. The highest BCUT2D eigenvalue weighted by atomic mass is 32.3. The van der Waals surface area contributed by atoms with Crippen LogP contribution >= 0.6 is 0 Å². The average Bonchev–Trinajstić information content (AvgIpc) is 2.34. The van der Waals surface area contributed by atoms with E-state index < -0.39 is 48.4 Å². The lowest BCUT2D eigenvalue weighted by atomic mass is 10.1. The van der Waals surface area contributed by atoms with Gasteiger partial charge >= 0.3 is 31.2 Å². The highest BCUT2D eigenvalue weighted by Crippen LogP contribution is 2.39. The van der Waals surface area contributed by atoms with Gasteiger partial charge in [0, 0.05) is 28.6 Å². The van der Waals surface area contributed by atoms with Crippen LogP contribution in [0.2, 0.25) is 0 Å². The zero-order valence-corrected chi connectivity index (χ0v) is 14.6. The van der Waals surface area contributed by atoms with E-state index in [-0.39, 0.29) is 16.5 Å². The van der Waals surface area contributed by atoms with Gasteiger partial charge in [0.15, 0.2) is 11.5 Å². The minimum absolute atomic E-state index is 0.181. The van der Waals surface area contributed by atoms with Gasteiger partial charge in [-0.05, 0) is 12.1 Å². The molecule has 0 fully saturated rings. The minimum Gasteiger partial charge on any atom is -0.399 e. The van der Waals surface area contributed by atoms with E-state index in [1.165, 1.54) is 0 Å². The number of fused-ring (bicyclic) bond motifs is 1. The van der Waals surface area contributed by atoms with E-state index in [9.17, 15) is 25.3 Å². The quantitative estimate of drug-likeness (QED) is 0.349. The zero-order chi connectivity index (χ0) is 19.9. The third-order valence-corrected chi connectivity index (χ3v) is 3.76. The Bertz CT molecular complexity index is 1180. The molecule has 2 aromatic rings. The summed E-state index contributed by atoms with van der Waals surface area (Å²) >= 11 is 0. The maximum Gasteiger partial charge on any atom is 0.446 e. The molecule has 5 N–H and O–H groups in total. The Morgan fingerprint density at radius 3 is 1.54 bits per heavy atom. The third-order valence-electron chi connectivity index (χ3n) is 2.58. The van der Waals surface area contributed by atoms with E-state index in [2.05, 4.69) is 12.5 Å². The number of rotatable bonds is 6. The molecule has 2 rings (SSSR count). The molecule has 0 radical (unpaired) electrons. The summed E-state index contributed by atoms with van der Waals surface area (Å²) < 4.78 is 105. The van der Waals surface area contributed by atoms with Crippen molar-refractivity contribution in [2.24, 2.45) is 0 Å². The smallest absolute Gasteiger partial charge is 0.399 e. The standard InChI is InChI=1S/C10H9NO12S3/c11-5-1-7-8(9(2-5)22-25(15,16)17)3-6(21-24(12,13)14)4-10(7)23-26(18,19)20/h1-4H,11H2,(H,12,13,14)(H,15,16,17)(H,18,19,20). The highest BCUT2D eigenvalue weighted by molar-refractivity contribution is 7.81. The van der Waals surface area contributed by atoms with Crippen molar-refractivity contribution in [2.75, 3.05) is 5.73 Å². The molecule has 0 amide bonds. The number of nitrogens with two attached hydrogens (primary N) is 1. The molecule has 144 valence electrons. The molecule has 0 saturated carbocycles. The first-order valence-corrected chi connectivity index (χ1v) is 10.1. The molecule has 26 heavy (non-hydrogen) atoms. The second-order valence-corrected chi connectivity index (χ2v) is 7.64. The van der Waals surface area contributed by atoms with Crippen LogP contribution < -0.4 is 18.3 Å². The molecule has 0 spiro atoms. The van der Waals surface area contributed by atoms with E-state index in [0.29, 0.717) is 6.07 Å². The normalized spacial score (nSPS) is 12.7. The summed E-state index contributed by atoms with van der Waals surface area (Å²) in [5, 5.41) is -0.638. The van der Waals surface area contributed by atoms with Crippen LogP contribution in [0.4, 0.5) is 5.69 Å². The molecule has 0 atom stereocenters. The number of benzene rings is 2.